The van der Waals surface area contributed by atoms with Gasteiger partial charge in [-0.1, -0.05) is 12.8 Å². The highest BCUT2D eigenvalue weighted by Crippen LogP contribution is 2.17. The number of hydrogen-bond donors (Lipinski definition) is 2. The maximum atomic E-state index is 9.63. The quantitative estimate of drug-likeness (QED) is 0.629. The van der Waals surface area contributed by atoms with Crippen molar-refractivity contribution in [2.75, 3.05) is 20.3 Å². The van der Waals surface area contributed by atoms with Crippen molar-refractivity contribution in [2.24, 2.45) is 0 Å². The second-order valence-corrected chi connectivity index (χ2v) is 3.76. The van der Waals surface area contributed by atoms with Crippen molar-refractivity contribution in [1.29, 1.82) is 0 Å². The summed E-state index contributed by atoms with van der Waals surface area (Å²) in [5, 5.41) is 13.0. The number of aliphatic hydroxyl groups is 1. The third-order valence-electron chi connectivity index (χ3n) is 2.66. The van der Waals surface area contributed by atoms with E-state index in [9.17, 15) is 5.11 Å². The van der Waals surface area contributed by atoms with Gasteiger partial charge in [0.25, 0.3) is 0 Å². The fraction of sp³-hybridized carbons (Fsp3) is 1.00. The van der Waals surface area contributed by atoms with Gasteiger partial charge in [0, 0.05) is 19.8 Å². The molecule has 0 aromatic heterocycles. The van der Waals surface area contributed by atoms with Gasteiger partial charge >= 0.3 is 0 Å². The summed E-state index contributed by atoms with van der Waals surface area (Å²) < 4.78 is 4.96. The summed E-state index contributed by atoms with van der Waals surface area (Å²) in [6, 6.07) is 0.325. The van der Waals surface area contributed by atoms with E-state index in [1.165, 1.54) is 12.8 Å². The van der Waals surface area contributed by atoms with Gasteiger partial charge in [-0.05, 0) is 25.8 Å². The standard InChI is InChI=1S/C10H21NO2/c1-13-8-4-7-11-9-5-2-3-6-10(9)12/h9-12H,2-8H2,1H3/t9-,10-/m1/s1. The third-order valence-corrected chi connectivity index (χ3v) is 2.66. The zero-order valence-electron chi connectivity index (χ0n) is 8.46. The van der Waals surface area contributed by atoms with Crippen LogP contribution in [0.25, 0.3) is 0 Å². The van der Waals surface area contributed by atoms with Gasteiger partial charge in [0.15, 0.2) is 0 Å². The highest BCUT2D eigenvalue weighted by Gasteiger charge is 2.21. The van der Waals surface area contributed by atoms with Gasteiger partial charge in [-0.25, -0.2) is 0 Å². The molecule has 0 radical (unpaired) electrons. The highest BCUT2D eigenvalue weighted by molar-refractivity contribution is 4.79. The Labute approximate surface area is 80.5 Å². The first-order chi connectivity index (χ1) is 6.34. The number of hydrogen-bond acceptors (Lipinski definition) is 3. The molecule has 0 aromatic carbocycles. The Morgan fingerprint density at radius 1 is 1.38 bits per heavy atom. The predicted molar refractivity (Wildman–Crippen MR) is 52.8 cm³/mol. The second kappa shape index (κ2) is 6.35. The molecular weight excluding hydrogens is 166 g/mol. The minimum Gasteiger partial charge on any atom is -0.392 e. The SMILES string of the molecule is COCCCN[C@@H]1CCCC[C@H]1O. The Kier molecular flexibility index (Phi) is 5.35. The molecule has 13 heavy (non-hydrogen) atoms. The molecule has 3 nitrogen and oxygen atoms in total. The summed E-state index contributed by atoms with van der Waals surface area (Å²) in [7, 11) is 1.72. The number of methoxy groups -OCH3 is 1. The van der Waals surface area contributed by atoms with Crippen molar-refractivity contribution in [3.8, 4) is 0 Å². The molecule has 1 aliphatic carbocycles. The van der Waals surface area contributed by atoms with Gasteiger partial charge in [0.2, 0.25) is 0 Å². The van der Waals surface area contributed by atoms with E-state index in [1.807, 2.05) is 0 Å². The summed E-state index contributed by atoms with van der Waals surface area (Å²) in [4.78, 5) is 0. The van der Waals surface area contributed by atoms with Crippen LogP contribution in [0.15, 0.2) is 0 Å². The summed E-state index contributed by atoms with van der Waals surface area (Å²) in [5.74, 6) is 0. The average Bonchev–Trinajstić information content (AvgIpc) is 2.15. The van der Waals surface area contributed by atoms with Crippen molar-refractivity contribution in [3.63, 3.8) is 0 Å². The van der Waals surface area contributed by atoms with Gasteiger partial charge < -0.3 is 15.2 Å². The number of rotatable bonds is 5. The number of ether oxygens (including phenoxy) is 1. The van der Waals surface area contributed by atoms with Crippen molar-refractivity contribution in [2.45, 2.75) is 44.2 Å². The molecule has 1 rings (SSSR count). The molecule has 0 aliphatic heterocycles. The third kappa shape index (κ3) is 4.07. The van der Waals surface area contributed by atoms with E-state index in [4.69, 9.17) is 4.74 Å². The second-order valence-electron chi connectivity index (χ2n) is 3.76. The predicted octanol–water partition coefficient (Wildman–Crippen LogP) is 0.916. The van der Waals surface area contributed by atoms with Crippen LogP contribution in [0.5, 0.6) is 0 Å². The molecule has 0 heterocycles. The molecule has 1 saturated carbocycles. The summed E-state index contributed by atoms with van der Waals surface area (Å²) >= 11 is 0. The van der Waals surface area contributed by atoms with E-state index in [-0.39, 0.29) is 6.10 Å². The Hall–Kier alpha value is -0.120. The molecule has 0 amide bonds. The van der Waals surface area contributed by atoms with E-state index in [2.05, 4.69) is 5.32 Å². The largest absolute Gasteiger partial charge is 0.392 e. The Bertz CT molecular complexity index is 130. The minimum atomic E-state index is -0.128. The molecule has 0 spiro atoms. The first-order valence-corrected chi connectivity index (χ1v) is 5.25. The van der Waals surface area contributed by atoms with Gasteiger partial charge in [0.05, 0.1) is 6.10 Å². The fourth-order valence-corrected chi connectivity index (χ4v) is 1.85. The van der Waals surface area contributed by atoms with Crippen molar-refractivity contribution in [1.82, 2.24) is 5.32 Å². The van der Waals surface area contributed by atoms with E-state index in [1.54, 1.807) is 7.11 Å². The molecule has 78 valence electrons. The van der Waals surface area contributed by atoms with Crippen LogP contribution in [0.2, 0.25) is 0 Å². The normalized spacial score (nSPS) is 29.1. The molecule has 1 fully saturated rings. The van der Waals surface area contributed by atoms with E-state index in [0.29, 0.717) is 6.04 Å². The Morgan fingerprint density at radius 2 is 2.15 bits per heavy atom. The van der Waals surface area contributed by atoms with E-state index >= 15 is 0 Å². The summed E-state index contributed by atoms with van der Waals surface area (Å²) in [6.07, 6.45) is 5.41. The van der Waals surface area contributed by atoms with Gasteiger partial charge in [-0.2, -0.15) is 0 Å². The lowest BCUT2D eigenvalue weighted by molar-refractivity contribution is 0.0893. The minimum absolute atomic E-state index is 0.128. The smallest absolute Gasteiger partial charge is 0.0693 e. The molecule has 0 saturated heterocycles. The van der Waals surface area contributed by atoms with Gasteiger partial charge in [-0.3, -0.25) is 0 Å². The Morgan fingerprint density at radius 3 is 2.85 bits per heavy atom. The maximum Gasteiger partial charge on any atom is 0.0693 e. The molecule has 0 bridgehead atoms. The lowest BCUT2D eigenvalue weighted by Crippen LogP contribution is -2.42. The lowest BCUT2D eigenvalue weighted by atomic mass is 9.92. The van der Waals surface area contributed by atoms with E-state index < -0.39 is 0 Å². The Balaban J connectivity index is 2.05. The number of aliphatic hydroxyl groups excluding tert-OH is 1. The van der Waals surface area contributed by atoms with Crippen molar-refractivity contribution >= 4 is 0 Å². The molecule has 2 atom stereocenters. The number of nitrogens with one attached hydrogen (secondary N) is 1. The first-order valence-electron chi connectivity index (χ1n) is 5.25. The van der Waals surface area contributed by atoms with Crippen molar-refractivity contribution in [3.05, 3.63) is 0 Å². The van der Waals surface area contributed by atoms with Gasteiger partial charge in [0.1, 0.15) is 0 Å². The van der Waals surface area contributed by atoms with Crippen LogP contribution in [-0.2, 0) is 4.74 Å². The zero-order valence-corrected chi connectivity index (χ0v) is 8.46. The van der Waals surface area contributed by atoms with Crippen LogP contribution in [0.3, 0.4) is 0 Å². The van der Waals surface area contributed by atoms with Crippen LogP contribution in [0.4, 0.5) is 0 Å². The van der Waals surface area contributed by atoms with Gasteiger partial charge in [-0.15, -0.1) is 0 Å². The van der Waals surface area contributed by atoms with Crippen LogP contribution in [-0.4, -0.2) is 37.5 Å². The highest BCUT2D eigenvalue weighted by atomic mass is 16.5. The van der Waals surface area contributed by atoms with Crippen molar-refractivity contribution < 1.29 is 9.84 Å². The fourth-order valence-electron chi connectivity index (χ4n) is 1.85. The first kappa shape index (κ1) is 11.0. The molecule has 2 N–H and O–H groups in total. The molecule has 3 heteroatoms. The zero-order chi connectivity index (χ0) is 9.52. The van der Waals surface area contributed by atoms with E-state index in [0.717, 1.165) is 32.4 Å². The van der Waals surface area contributed by atoms with Crippen LogP contribution < -0.4 is 5.32 Å². The summed E-state index contributed by atoms with van der Waals surface area (Å²) in [6.45, 7) is 1.76. The topological polar surface area (TPSA) is 41.5 Å². The summed E-state index contributed by atoms with van der Waals surface area (Å²) in [5.41, 5.74) is 0. The maximum absolute atomic E-state index is 9.63. The lowest BCUT2D eigenvalue weighted by Gasteiger charge is -2.28. The molecule has 0 unspecified atom stereocenters. The molecular formula is C10H21NO2. The van der Waals surface area contributed by atoms with Crippen LogP contribution >= 0.6 is 0 Å². The monoisotopic (exact) mass is 187 g/mol. The average molecular weight is 187 g/mol. The molecule has 0 aromatic rings. The molecule has 1 aliphatic rings. The van der Waals surface area contributed by atoms with Crippen LogP contribution in [0, 0.1) is 0 Å². The van der Waals surface area contributed by atoms with Crippen LogP contribution in [0.1, 0.15) is 32.1 Å².